The summed E-state index contributed by atoms with van der Waals surface area (Å²) >= 11 is 0. The summed E-state index contributed by atoms with van der Waals surface area (Å²) in [5.41, 5.74) is 1.59. The van der Waals surface area contributed by atoms with Gasteiger partial charge in [-0.05, 0) is 71.3 Å². The number of hydrogen-bond acceptors (Lipinski definition) is 5. The molecule has 2 fully saturated rings. The zero-order valence-corrected chi connectivity index (χ0v) is 19.0. The van der Waals surface area contributed by atoms with E-state index < -0.39 is 17.2 Å². The maximum absolute atomic E-state index is 13.2. The number of carbonyl (C=O) groups excluding carboxylic acids is 2. The molecule has 1 aliphatic heterocycles. The molecule has 3 rings (SSSR count). The zero-order valence-electron chi connectivity index (χ0n) is 19.0. The van der Waals surface area contributed by atoms with Crippen molar-refractivity contribution < 1.29 is 14.3 Å². The number of piperazine rings is 1. The van der Waals surface area contributed by atoms with Gasteiger partial charge in [-0.1, -0.05) is 12.8 Å². The van der Waals surface area contributed by atoms with Gasteiger partial charge in [0, 0.05) is 37.6 Å². The van der Waals surface area contributed by atoms with Crippen LogP contribution in [0.4, 0.5) is 16.2 Å². The molecular formula is C23H36N4O3. The van der Waals surface area contributed by atoms with Crippen LogP contribution in [0.5, 0.6) is 0 Å². The van der Waals surface area contributed by atoms with E-state index in [2.05, 4.69) is 40.5 Å². The van der Waals surface area contributed by atoms with Gasteiger partial charge < -0.3 is 25.2 Å². The number of hydrogen-bond donors (Lipinski definition) is 2. The highest BCUT2D eigenvalue weighted by molar-refractivity contribution is 6.00. The van der Waals surface area contributed by atoms with Crippen LogP contribution in [0.1, 0.15) is 52.0 Å². The number of nitrogens with zero attached hydrogens (tertiary/aromatic N) is 2. The Morgan fingerprint density at radius 3 is 2.27 bits per heavy atom. The predicted molar refractivity (Wildman–Crippen MR) is 120 cm³/mol. The molecule has 30 heavy (non-hydrogen) atoms. The fourth-order valence-corrected chi connectivity index (χ4v) is 4.27. The van der Waals surface area contributed by atoms with Crippen LogP contribution >= 0.6 is 0 Å². The number of aryl methyl sites for hydroxylation is 1. The van der Waals surface area contributed by atoms with Gasteiger partial charge in [-0.15, -0.1) is 0 Å². The van der Waals surface area contributed by atoms with Crippen molar-refractivity contribution in [2.45, 2.75) is 64.5 Å². The van der Waals surface area contributed by atoms with E-state index in [4.69, 9.17) is 4.74 Å². The van der Waals surface area contributed by atoms with E-state index in [1.807, 2.05) is 32.9 Å². The first-order valence-corrected chi connectivity index (χ1v) is 10.9. The third-order valence-corrected chi connectivity index (χ3v) is 5.93. The molecule has 2 N–H and O–H groups in total. The van der Waals surface area contributed by atoms with Crippen molar-refractivity contribution in [1.82, 2.24) is 10.2 Å². The lowest BCUT2D eigenvalue weighted by molar-refractivity contribution is -0.122. The molecule has 1 aromatic rings. The van der Waals surface area contributed by atoms with Crippen LogP contribution < -0.4 is 15.5 Å². The van der Waals surface area contributed by atoms with Gasteiger partial charge >= 0.3 is 6.09 Å². The summed E-state index contributed by atoms with van der Waals surface area (Å²) in [6.07, 6.45) is 2.52. The Morgan fingerprint density at radius 1 is 1.07 bits per heavy atom. The van der Waals surface area contributed by atoms with E-state index in [1.165, 1.54) is 5.69 Å². The number of ether oxygens (including phenoxy) is 1. The molecule has 0 radical (unpaired) electrons. The SMILES string of the molecule is Cc1cc(NC(=O)C2(NC(=O)OC(C)(C)C)CCCC2)ccc1N1CCN(C)CC1. The van der Waals surface area contributed by atoms with Crippen molar-refractivity contribution in [2.24, 2.45) is 0 Å². The third-order valence-electron chi connectivity index (χ3n) is 5.93. The first-order chi connectivity index (χ1) is 14.1. The van der Waals surface area contributed by atoms with Crippen molar-refractivity contribution in [1.29, 1.82) is 0 Å². The first kappa shape index (κ1) is 22.4. The first-order valence-electron chi connectivity index (χ1n) is 10.9. The van der Waals surface area contributed by atoms with Gasteiger partial charge in [0.2, 0.25) is 5.91 Å². The Hall–Kier alpha value is -2.28. The molecule has 0 bridgehead atoms. The summed E-state index contributed by atoms with van der Waals surface area (Å²) in [6, 6.07) is 6.05. The van der Waals surface area contributed by atoms with Crippen molar-refractivity contribution >= 4 is 23.4 Å². The largest absolute Gasteiger partial charge is 0.444 e. The lowest BCUT2D eigenvalue weighted by atomic mass is 9.96. The Labute approximate surface area is 180 Å². The van der Waals surface area contributed by atoms with Crippen LogP contribution in [0.2, 0.25) is 0 Å². The van der Waals surface area contributed by atoms with Crippen LogP contribution in [-0.2, 0) is 9.53 Å². The zero-order chi connectivity index (χ0) is 21.9. The number of benzene rings is 1. The molecule has 0 atom stereocenters. The topological polar surface area (TPSA) is 73.9 Å². The third kappa shape index (κ3) is 5.45. The maximum atomic E-state index is 13.2. The van der Waals surface area contributed by atoms with E-state index >= 15 is 0 Å². The minimum absolute atomic E-state index is 0.169. The van der Waals surface area contributed by atoms with E-state index in [-0.39, 0.29) is 5.91 Å². The summed E-state index contributed by atoms with van der Waals surface area (Å²) in [7, 11) is 2.15. The quantitative estimate of drug-likeness (QED) is 0.786. The number of rotatable bonds is 4. The fraction of sp³-hybridized carbons (Fsp3) is 0.652. The minimum Gasteiger partial charge on any atom is -0.444 e. The molecule has 0 unspecified atom stereocenters. The molecule has 1 saturated carbocycles. The van der Waals surface area contributed by atoms with Crippen LogP contribution in [-0.4, -0.2) is 61.3 Å². The van der Waals surface area contributed by atoms with Crippen LogP contribution in [0.3, 0.4) is 0 Å². The Morgan fingerprint density at radius 2 is 1.70 bits per heavy atom. The highest BCUT2D eigenvalue weighted by Gasteiger charge is 2.43. The van der Waals surface area contributed by atoms with Gasteiger partial charge in [0.05, 0.1) is 0 Å². The highest BCUT2D eigenvalue weighted by Crippen LogP contribution is 2.32. The molecule has 0 spiro atoms. The normalized spacial score (nSPS) is 19.4. The Kier molecular flexibility index (Phi) is 6.60. The molecule has 1 aliphatic carbocycles. The van der Waals surface area contributed by atoms with Crippen molar-refractivity contribution in [3.8, 4) is 0 Å². The Bertz CT molecular complexity index is 773. The average Bonchev–Trinajstić information content (AvgIpc) is 3.11. The highest BCUT2D eigenvalue weighted by atomic mass is 16.6. The van der Waals surface area contributed by atoms with Crippen LogP contribution in [0, 0.1) is 6.92 Å². The summed E-state index contributed by atoms with van der Waals surface area (Å²) < 4.78 is 5.40. The molecule has 166 valence electrons. The van der Waals surface area contributed by atoms with Crippen molar-refractivity contribution in [2.75, 3.05) is 43.4 Å². The van der Waals surface area contributed by atoms with E-state index in [0.29, 0.717) is 12.8 Å². The van der Waals surface area contributed by atoms with Gasteiger partial charge in [-0.3, -0.25) is 4.79 Å². The van der Waals surface area contributed by atoms with Crippen LogP contribution in [0.25, 0.3) is 0 Å². The number of alkyl carbamates (subject to hydrolysis) is 1. The molecule has 1 aromatic carbocycles. The monoisotopic (exact) mass is 416 g/mol. The van der Waals surface area contributed by atoms with Crippen molar-refractivity contribution in [3.05, 3.63) is 23.8 Å². The summed E-state index contributed by atoms with van der Waals surface area (Å²) in [5.74, 6) is -0.169. The summed E-state index contributed by atoms with van der Waals surface area (Å²) in [5, 5.41) is 5.90. The lowest BCUT2D eigenvalue weighted by Crippen LogP contribution is -2.55. The molecule has 2 aliphatic rings. The summed E-state index contributed by atoms with van der Waals surface area (Å²) in [4.78, 5) is 30.3. The summed E-state index contributed by atoms with van der Waals surface area (Å²) in [6.45, 7) is 11.6. The molecular weight excluding hydrogens is 380 g/mol. The predicted octanol–water partition coefficient (Wildman–Crippen LogP) is 3.52. The molecule has 1 heterocycles. The van der Waals surface area contributed by atoms with Crippen molar-refractivity contribution in [3.63, 3.8) is 0 Å². The average molecular weight is 417 g/mol. The number of amides is 2. The number of anilines is 2. The number of nitrogens with one attached hydrogen (secondary N) is 2. The molecule has 7 heteroatoms. The number of carbonyl (C=O) groups is 2. The van der Waals surface area contributed by atoms with Crippen LogP contribution in [0.15, 0.2) is 18.2 Å². The minimum atomic E-state index is -0.910. The molecule has 2 amide bonds. The van der Waals surface area contributed by atoms with Gasteiger partial charge in [-0.25, -0.2) is 4.79 Å². The van der Waals surface area contributed by atoms with E-state index in [1.54, 1.807) is 0 Å². The second-order valence-electron chi connectivity index (χ2n) is 9.66. The lowest BCUT2D eigenvalue weighted by Gasteiger charge is -2.35. The van der Waals surface area contributed by atoms with Gasteiger partial charge in [0.1, 0.15) is 11.1 Å². The standard InChI is InChI=1S/C23H36N4O3/c1-17-16-18(8-9-19(17)27-14-12-26(5)13-15-27)24-20(28)23(10-6-7-11-23)25-21(29)30-22(2,3)4/h8-9,16H,6-7,10-15H2,1-5H3,(H,24,28)(H,25,29). The molecule has 1 saturated heterocycles. The molecule has 0 aromatic heterocycles. The van der Waals surface area contributed by atoms with Gasteiger partial charge in [0.15, 0.2) is 0 Å². The van der Waals surface area contributed by atoms with E-state index in [0.717, 1.165) is 50.3 Å². The smallest absolute Gasteiger partial charge is 0.408 e. The Balaban J connectivity index is 1.68. The van der Waals surface area contributed by atoms with Gasteiger partial charge in [0.25, 0.3) is 0 Å². The van der Waals surface area contributed by atoms with E-state index in [9.17, 15) is 9.59 Å². The van der Waals surface area contributed by atoms with Gasteiger partial charge in [-0.2, -0.15) is 0 Å². The molecule has 7 nitrogen and oxygen atoms in total. The second kappa shape index (κ2) is 8.84. The maximum Gasteiger partial charge on any atom is 0.408 e. The second-order valence-corrected chi connectivity index (χ2v) is 9.66. The fourth-order valence-electron chi connectivity index (χ4n) is 4.27. The number of likely N-dealkylation sites (N-methyl/N-ethyl adjacent to an activating group) is 1.